The molecule has 0 unspecified atom stereocenters. The topological polar surface area (TPSA) is 65.7 Å². The lowest BCUT2D eigenvalue weighted by Gasteiger charge is -2.28. The summed E-state index contributed by atoms with van der Waals surface area (Å²) in [6, 6.07) is 14.6. The van der Waals surface area contributed by atoms with Gasteiger partial charge in [-0.2, -0.15) is 5.26 Å². The summed E-state index contributed by atoms with van der Waals surface area (Å²) in [4.78, 5) is 19.4. The number of benzene rings is 2. The smallest absolute Gasteiger partial charge is 0.259 e. The van der Waals surface area contributed by atoms with Crippen LogP contribution in [-0.2, 0) is 0 Å². The summed E-state index contributed by atoms with van der Waals surface area (Å²) in [6.45, 7) is 2.60. The minimum atomic E-state index is -0.139. The predicted octanol–water partition coefficient (Wildman–Crippen LogP) is 4.14. The Bertz CT molecular complexity index is 902. The molecule has 0 N–H and O–H groups in total. The molecule has 1 heterocycles. The van der Waals surface area contributed by atoms with E-state index in [4.69, 9.17) is 15.0 Å². The molecule has 1 aliphatic heterocycles. The highest BCUT2D eigenvalue weighted by atomic mass is 32.2. The average molecular weight is 365 g/mol. The third-order valence-electron chi connectivity index (χ3n) is 4.02. The number of nitriles is 1. The van der Waals surface area contributed by atoms with Crippen molar-refractivity contribution in [3.63, 3.8) is 0 Å². The summed E-state index contributed by atoms with van der Waals surface area (Å²) >= 11 is 1.56. The Morgan fingerprint density at radius 2 is 2.15 bits per heavy atom. The van der Waals surface area contributed by atoms with E-state index in [1.165, 1.54) is 0 Å². The van der Waals surface area contributed by atoms with E-state index < -0.39 is 0 Å². The zero-order valence-corrected chi connectivity index (χ0v) is 15.5. The van der Waals surface area contributed by atoms with Gasteiger partial charge in [0.05, 0.1) is 18.7 Å². The van der Waals surface area contributed by atoms with E-state index in [0.717, 1.165) is 17.7 Å². The Morgan fingerprint density at radius 3 is 2.92 bits per heavy atom. The van der Waals surface area contributed by atoms with Gasteiger partial charge in [0.1, 0.15) is 11.4 Å². The molecule has 6 heteroatoms. The second-order valence-corrected chi connectivity index (χ2v) is 6.98. The van der Waals surface area contributed by atoms with Gasteiger partial charge in [-0.15, -0.1) is 0 Å². The Hall–Kier alpha value is -2.78. The maximum absolute atomic E-state index is 13.0. The molecule has 3 rings (SSSR count). The monoisotopic (exact) mass is 365 g/mol. The van der Waals surface area contributed by atoms with Crippen LogP contribution in [0.5, 0.6) is 5.75 Å². The number of rotatable bonds is 3. The number of ether oxygens (including phenoxy) is 1. The summed E-state index contributed by atoms with van der Waals surface area (Å²) in [5.41, 5.74) is 2.75. The van der Waals surface area contributed by atoms with Crippen LogP contribution >= 0.6 is 11.8 Å². The molecule has 1 saturated heterocycles. The van der Waals surface area contributed by atoms with Crippen molar-refractivity contribution < 1.29 is 9.53 Å². The van der Waals surface area contributed by atoms with Gasteiger partial charge in [0.25, 0.3) is 5.91 Å². The molecule has 1 fully saturated rings. The van der Waals surface area contributed by atoms with Crippen molar-refractivity contribution >= 4 is 28.5 Å². The van der Waals surface area contributed by atoms with Crippen LogP contribution in [0.1, 0.15) is 27.9 Å². The highest BCUT2D eigenvalue weighted by Gasteiger charge is 2.25. The maximum atomic E-state index is 13.0. The molecule has 0 atom stereocenters. The molecule has 26 heavy (non-hydrogen) atoms. The molecule has 2 aromatic carbocycles. The number of carbonyl (C=O) groups is 1. The Kier molecular flexibility index (Phi) is 5.59. The second kappa shape index (κ2) is 8.07. The second-order valence-electron chi connectivity index (χ2n) is 5.92. The molecular weight excluding hydrogens is 346 g/mol. The first-order valence-electron chi connectivity index (χ1n) is 8.30. The molecule has 0 saturated carbocycles. The number of hydrogen-bond donors (Lipinski definition) is 0. The van der Waals surface area contributed by atoms with Gasteiger partial charge in [-0.05, 0) is 49.2 Å². The van der Waals surface area contributed by atoms with Crippen molar-refractivity contribution in [2.75, 3.05) is 19.4 Å². The number of methoxy groups -OCH3 is 1. The van der Waals surface area contributed by atoms with Crippen LogP contribution in [0, 0.1) is 18.3 Å². The molecule has 1 aliphatic rings. The first-order chi connectivity index (χ1) is 12.6. The van der Waals surface area contributed by atoms with Gasteiger partial charge >= 0.3 is 0 Å². The standard InChI is InChI=1S/C20H19N3O2S/c1-14-7-8-18(25-2)17(11-14)22-20-23(9-4-10-26-20)19(24)16-6-3-5-15(12-16)13-21/h3,5-8,11-12H,4,9-10H2,1-2H3. The first kappa shape index (κ1) is 18.0. The Morgan fingerprint density at radius 1 is 1.31 bits per heavy atom. The van der Waals surface area contributed by atoms with E-state index in [9.17, 15) is 4.79 Å². The Balaban J connectivity index is 1.97. The fourth-order valence-corrected chi connectivity index (χ4v) is 3.66. The van der Waals surface area contributed by atoms with Gasteiger partial charge in [0.2, 0.25) is 0 Å². The molecule has 2 aromatic rings. The summed E-state index contributed by atoms with van der Waals surface area (Å²) in [5, 5.41) is 9.73. The fourth-order valence-electron chi connectivity index (χ4n) is 2.71. The van der Waals surface area contributed by atoms with Gasteiger partial charge in [-0.1, -0.05) is 23.9 Å². The average Bonchev–Trinajstić information content (AvgIpc) is 2.68. The molecular formula is C20H19N3O2S. The first-order valence-corrected chi connectivity index (χ1v) is 9.29. The fraction of sp³-hybridized carbons (Fsp3) is 0.250. The maximum Gasteiger partial charge on any atom is 0.259 e. The van der Waals surface area contributed by atoms with Crippen LogP contribution < -0.4 is 4.74 Å². The zero-order chi connectivity index (χ0) is 18.5. The number of aryl methyl sites for hydroxylation is 1. The summed E-state index contributed by atoms with van der Waals surface area (Å²) < 4.78 is 5.40. The minimum absolute atomic E-state index is 0.139. The summed E-state index contributed by atoms with van der Waals surface area (Å²) in [5.74, 6) is 1.45. The third-order valence-corrected chi connectivity index (χ3v) is 5.09. The van der Waals surface area contributed by atoms with Crippen molar-refractivity contribution in [3.05, 3.63) is 59.2 Å². The molecule has 0 spiro atoms. The lowest BCUT2D eigenvalue weighted by atomic mass is 10.1. The number of carbonyl (C=O) groups excluding carboxylic acids is 1. The van der Waals surface area contributed by atoms with Crippen LogP contribution in [0.2, 0.25) is 0 Å². The number of amidine groups is 1. The molecule has 132 valence electrons. The van der Waals surface area contributed by atoms with Crippen LogP contribution in [0.15, 0.2) is 47.5 Å². The highest BCUT2D eigenvalue weighted by Crippen LogP contribution is 2.31. The normalized spacial score (nSPS) is 15.6. The molecule has 0 bridgehead atoms. The number of aliphatic imine (C=N–C) groups is 1. The highest BCUT2D eigenvalue weighted by molar-refractivity contribution is 8.13. The van der Waals surface area contributed by atoms with E-state index in [1.54, 1.807) is 48.0 Å². The quantitative estimate of drug-likeness (QED) is 0.820. The van der Waals surface area contributed by atoms with Gasteiger partial charge in [-0.25, -0.2) is 4.99 Å². The number of thioether (sulfide) groups is 1. The summed E-state index contributed by atoms with van der Waals surface area (Å²) in [6.07, 6.45) is 0.901. The minimum Gasteiger partial charge on any atom is -0.494 e. The van der Waals surface area contributed by atoms with Crippen LogP contribution in [0.25, 0.3) is 0 Å². The molecule has 0 radical (unpaired) electrons. The van der Waals surface area contributed by atoms with Crippen molar-refractivity contribution in [3.8, 4) is 11.8 Å². The van der Waals surface area contributed by atoms with E-state index in [-0.39, 0.29) is 5.91 Å². The van der Waals surface area contributed by atoms with Crippen molar-refractivity contribution in [1.82, 2.24) is 4.90 Å². The molecule has 5 nitrogen and oxygen atoms in total. The van der Waals surface area contributed by atoms with Gasteiger partial charge in [-0.3, -0.25) is 9.69 Å². The molecule has 1 amide bonds. The van der Waals surface area contributed by atoms with Gasteiger partial charge < -0.3 is 4.74 Å². The number of hydrogen-bond acceptors (Lipinski definition) is 5. The third kappa shape index (κ3) is 3.89. The SMILES string of the molecule is COc1ccc(C)cc1N=C1SCCCN1C(=O)c1cccc(C#N)c1. The molecule has 0 aromatic heterocycles. The number of amides is 1. The van der Waals surface area contributed by atoms with Crippen LogP contribution in [-0.4, -0.2) is 35.4 Å². The van der Waals surface area contributed by atoms with Crippen molar-refractivity contribution in [2.45, 2.75) is 13.3 Å². The zero-order valence-electron chi connectivity index (χ0n) is 14.7. The van der Waals surface area contributed by atoms with Crippen molar-refractivity contribution in [2.24, 2.45) is 4.99 Å². The van der Waals surface area contributed by atoms with Crippen molar-refractivity contribution in [1.29, 1.82) is 5.26 Å². The lowest BCUT2D eigenvalue weighted by molar-refractivity contribution is 0.0849. The summed E-state index contributed by atoms with van der Waals surface area (Å²) in [7, 11) is 1.61. The van der Waals surface area contributed by atoms with Gasteiger partial charge in [0, 0.05) is 17.9 Å². The predicted molar refractivity (Wildman–Crippen MR) is 104 cm³/mol. The largest absolute Gasteiger partial charge is 0.494 e. The van der Waals surface area contributed by atoms with Crippen LogP contribution in [0.4, 0.5) is 5.69 Å². The number of nitrogens with zero attached hydrogens (tertiary/aromatic N) is 3. The van der Waals surface area contributed by atoms with E-state index in [0.29, 0.717) is 34.3 Å². The van der Waals surface area contributed by atoms with E-state index in [2.05, 4.69) is 6.07 Å². The Labute approximate surface area is 157 Å². The van der Waals surface area contributed by atoms with Gasteiger partial charge in [0.15, 0.2) is 5.17 Å². The van der Waals surface area contributed by atoms with E-state index in [1.807, 2.05) is 25.1 Å². The van der Waals surface area contributed by atoms with E-state index >= 15 is 0 Å². The molecule has 0 aliphatic carbocycles. The van der Waals surface area contributed by atoms with Crippen LogP contribution in [0.3, 0.4) is 0 Å². The lowest BCUT2D eigenvalue weighted by Crippen LogP contribution is -2.39.